The number of benzene rings is 1. The zero-order valence-electron chi connectivity index (χ0n) is 7.40. The molecule has 0 aliphatic carbocycles. The van der Waals surface area contributed by atoms with Crippen LogP contribution in [-0.4, -0.2) is 17.2 Å². The maximum Gasteiger partial charge on any atom is 0.245 e. The third-order valence-corrected chi connectivity index (χ3v) is 1.55. The van der Waals surface area contributed by atoms with Crippen LogP contribution in [0.5, 0.6) is 5.75 Å². The first-order chi connectivity index (χ1) is 6.22. The number of amides is 1. The lowest BCUT2D eigenvalue weighted by Gasteiger charge is -1.92. The molecule has 0 saturated carbocycles. The molecule has 0 aliphatic heterocycles. The maximum absolute atomic E-state index is 10.8. The van der Waals surface area contributed by atoms with Gasteiger partial charge in [0.25, 0.3) is 0 Å². The molecule has 0 bridgehead atoms. The molecule has 0 aliphatic rings. The van der Waals surface area contributed by atoms with E-state index in [-0.39, 0.29) is 11.7 Å². The van der Waals surface area contributed by atoms with Gasteiger partial charge in [-0.15, -0.1) is 0 Å². The fourth-order valence-corrected chi connectivity index (χ4v) is 0.798. The highest BCUT2D eigenvalue weighted by molar-refractivity contribution is 5.91. The van der Waals surface area contributed by atoms with Crippen molar-refractivity contribution in [3.05, 3.63) is 29.8 Å². The highest BCUT2D eigenvalue weighted by Crippen LogP contribution is 2.07. The van der Waals surface area contributed by atoms with E-state index in [1.807, 2.05) is 0 Å². The molecule has 1 amide bonds. The Bertz CT molecular complexity index is 314. The van der Waals surface area contributed by atoms with Crippen LogP contribution in [-0.2, 0) is 4.79 Å². The molecule has 0 radical (unpaired) electrons. The lowest BCUT2D eigenvalue weighted by atomic mass is 10.2. The molecule has 0 spiro atoms. The quantitative estimate of drug-likeness (QED) is 0.699. The minimum absolute atomic E-state index is 0.145. The van der Waals surface area contributed by atoms with Crippen molar-refractivity contribution in [1.82, 2.24) is 0 Å². The topological polar surface area (TPSA) is 49.7 Å². The monoisotopic (exact) mass is 177 g/mol. The molecular formula is C10H11NO2. The Labute approximate surface area is 76.7 Å². The van der Waals surface area contributed by atoms with E-state index in [1.54, 1.807) is 31.2 Å². The largest absolute Gasteiger partial charge is 0.508 e. The van der Waals surface area contributed by atoms with Crippen molar-refractivity contribution in [3.63, 3.8) is 0 Å². The van der Waals surface area contributed by atoms with Gasteiger partial charge in [0, 0.05) is 12.6 Å². The molecule has 1 N–H and O–H groups in total. The van der Waals surface area contributed by atoms with Crippen LogP contribution >= 0.6 is 0 Å². The fraction of sp³-hybridized carbons (Fsp3) is 0.200. The predicted molar refractivity (Wildman–Crippen MR) is 51.0 cm³/mol. The number of hydrogen-bond donors (Lipinski definition) is 1. The van der Waals surface area contributed by atoms with E-state index in [0.717, 1.165) is 5.56 Å². The SMILES string of the molecule is CCC(=O)/N=C\c1ccc(O)cc1. The van der Waals surface area contributed by atoms with Crippen LogP contribution in [0.4, 0.5) is 0 Å². The van der Waals surface area contributed by atoms with Crippen molar-refractivity contribution < 1.29 is 9.90 Å². The van der Waals surface area contributed by atoms with Gasteiger partial charge in [0.2, 0.25) is 5.91 Å². The van der Waals surface area contributed by atoms with E-state index in [1.165, 1.54) is 6.21 Å². The third kappa shape index (κ3) is 3.07. The predicted octanol–water partition coefficient (Wildman–Crippen LogP) is 1.75. The van der Waals surface area contributed by atoms with Crippen molar-refractivity contribution in [2.24, 2.45) is 4.99 Å². The summed E-state index contributed by atoms with van der Waals surface area (Å²) in [6.07, 6.45) is 1.90. The van der Waals surface area contributed by atoms with Gasteiger partial charge in [-0.1, -0.05) is 6.92 Å². The molecule has 0 heterocycles. The number of phenols is 1. The van der Waals surface area contributed by atoms with E-state index >= 15 is 0 Å². The number of hydrogen-bond acceptors (Lipinski definition) is 2. The maximum atomic E-state index is 10.8. The Balaban J connectivity index is 2.69. The molecule has 3 nitrogen and oxygen atoms in total. The summed E-state index contributed by atoms with van der Waals surface area (Å²) in [6, 6.07) is 6.50. The lowest BCUT2D eigenvalue weighted by molar-refractivity contribution is -0.117. The zero-order chi connectivity index (χ0) is 9.68. The summed E-state index contributed by atoms with van der Waals surface area (Å²) in [4.78, 5) is 14.5. The Kier molecular flexibility index (Phi) is 3.20. The number of phenolic OH excluding ortho intramolecular Hbond substituents is 1. The Morgan fingerprint density at radius 3 is 2.62 bits per heavy atom. The van der Waals surface area contributed by atoms with Gasteiger partial charge in [0.1, 0.15) is 5.75 Å². The number of carbonyl (C=O) groups is 1. The minimum Gasteiger partial charge on any atom is -0.508 e. The summed E-state index contributed by atoms with van der Waals surface area (Å²) in [5, 5.41) is 8.97. The molecule has 0 saturated heterocycles. The summed E-state index contributed by atoms with van der Waals surface area (Å²) in [7, 11) is 0. The van der Waals surface area contributed by atoms with E-state index in [2.05, 4.69) is 4.99 Å². The van der Waals surface area contributed by atoms with Gasteiger partial charge >= 0.3 is 0 Å². The summed E-state index contributed by atoms with van der Waals surface area (Å²) in [6.45, 7) is 1.76. The van der Waals surface area contributed by atoms with E-state index in [9.17, 15) is 4.79 Å². The van der Waals surface area contributed by atoms with E-state index in [4.69, 9.17) is 5.11 Å². The number of nitrogens with zero attached hydrogens (tertiary/aromatic N) is 1. The highest BCUT2D eigenvalue weighted by Gasteiger charge is 1.92. The van der Waals surface area contributed by atoms with Crippen LogP contribution in [0.15, 0.2) is 29.3 Å². The highest BCUT2D eigenvalue weighted by atomic mass is 16.3. The Hall–Kier alpha value is -1.64. The van der Waals surface area contributed by atoms with Gasteiger partial charge < -0.3 is 5.11 Å². The second-order valence-electron chi connectivity index (χ2n) is 2.60. The van der Waals surface area contributed by atoms with Crippen LogP contribution < -0.4 is 0 Å². The summed E-state index contributed by atoms with van der Waals surface area (Å²) >= 11 is 0. The lowest BCUT2D eigenvalue weighted by Crippen LogP contribution is -1.90. The van der Waals surface area contributed by atoms with Gasteiger partial charge in [-0.25, -0.2) is 4.99 Å². The molecule has 0 fully saturated rings. The second kappa shape index (κ2) is 4.40. The van der Waals surface area contributed by atoms with Crippen LogP contribution in [0.1, 0.15) is 18.9 Å². The zero-order valence-corrected chi connectivity index (χ0v) is 7.40. The normalized spacial score (nSPS) is 10.5. The average molecular weight is 177 g/mol. The Morgan fingerprint density at radius 2 is 2.08 bits per heavy atom. The molecule has 1 aromatic rings. The summed E-state index contributed by atoms with van der Waals surface area (Å²) < 4.78 is 0. The van der Waals surface area contributed by atoms with Gasteiger partial charge in [-0.2, -0.15) is 0 Å². The fourth-order valence-electron chi connectivity index (χ4n) is 0.798. The van der Waals surface area contributed by atoms with Crippen molar-refractivity contribution in [3.8, 4) is 5.75 Å². The molecule has 0 unspecified atom stereocenters. The van der Waals surface area contributed by atoms with Crippen molar-refractivity contribution in [1.29, 1.82) is 0 Å². The van der Waals surface area contributed by atoms with Crippen LogP contribution in [0.2, 0.25) is 0 Å². The van der Waals surface area contributed by atoms with Gasteiger partial charge in [-0.05, 0) is 29.8 Å². The first-order valence-electron chi connectivity index (χ1n) is 4.08. The average Bonchev–Trinajstić information content (AvgIpc) is 2.16. The first-order valence-corrected chi connectivity index (χ1v) is 4.08. The molecule has 3 heteroatoms. The van der Waals surface area contributed by atoms with Gasteiger partial charge in [0.05, 0.1) is 0 Å². The molecule has 68 valence electrons. The van der Waals surface area contributed by atoms with E-state index < -0.39 is 0 Å². The van der Waals surface area contributed by atoms with Crippen LogP contribution in [0.3, 0.4) is 0 Å². The summed E-state index contributed by atoms with van der Waals surface area (Å²) in [5.41, 5.74) is 0.805. The standard InChI is InChI=1S/C10H11NO2/c1-2-10(13)11-7-8-3-5-9(12)6-4-8/h3-7,12H,2H2,1H3/b11-7-. The Morgan fingerprint density at radius 1 is 1.46 bits per heavy atom. The second-order valence-corrected chi connectivity index (χ2v) is 2.60. The number of aromatic hydroxyl groups is 1. The molecule has 0 atom stereocenters. The molecule has 13 heavy (non-hydrogen) atoms. The van der Waals surface area contributed by atoms with Crippen molar-refractivity contribution in [2.75, 3.05) is 0 Å². The molecule has 1 rings (SSSR count). The van der Waals surface area contributed by atoms with Gasteiger partial charge in [-0.3, -0.25) is 4.79 Å². The minimum atomic E-state index is -0.145. The van der Waals surface area contributed by atoms with Crippen LogP contribution in [0.25, 0.3) is 0 Å². The molecule has 0 aromatic heterocycles. The van der Waals surface area contributed by atoms with Crippen molar-refractivity contribution in [2.45, 2.75) is 13.3 Å². The number of carbonyl (C=O) groups excluding carboxylic acids is 1. The van der Waals surface area contributed by atoms with Gasteiger partial charge in [0.15, 0.2) is 0 Å². The molecule has 1 aromatic carbocycles. The smallest absolute Gasteiger partial charge is 0.245 e. The van der Waals surface area contributed by atoms with Crippen LogP contribution in [0, 0.1) is 0 Å². The summed E-state index contributed by atoms with van der Waals surface area (Å²) in [5.74, 6) is 0.0621. The third-order valence-electron chi connectivity index (χ3n) is 1.55. The number of aliphatic imine (C=N–C) groups is 1. The van der Waals surface area contributed by atoms with E-state index in [0.29, 0.717) is 6.42 Å². The molecular weight excluding hydrogens is 166 g/mol. The first kappa shape index (κ1) is 9.45. The van der Waals surface area contributed by atoms with Crippen molar-refractivity contribution >= 4 is 12.1 Å². The number of rotatable bonds is 2.